The van der Waals surface area contributed by atoms with Crippen LogP contribution in [0.2, 0.25) is 0 Å². The fraction of sp³-hybridized carbons (Fsp3) is 0.240. The number of anilines is 1. The fourth-order valence-corrected chi connectivity index (χ4v) is 5.30. The molecule has 6 rings (SSSR count). The van der Waals surface area contributed by atoms with Gasteiger partial charge in [0.1, 0.15) is 18.6 Å². The minimum absolute atomic E-state index is 0.0856. The van der Waals surface area contributed by atoms with Crippen molar-refractivity contribution in [2.24, 2.45) is 0 Å². The number of hydrogen-bond acceptors (Lipinski definition) is 5. The molecule has 0 bridgehead atoms. The number of ether oxygens (including phenoxy) is 2. The Kier molecular flexibility index (Phi) is 4.18. The van der Waals surface area contributed by atoms with E-state index in [9.17, 15) is 9.59 Å². The normalized spacial score (nSPS) is 23.2. The van der Waals surface area contributed by atoms with Crippen molar-refractivity contribution in [3.8, 4) is 11.5 Å². The van der Waals surface area contributed by atoms with Crippen molar-refractivity contribution >= 4 is 17.5 Å². The molecule has 4 heterocycles. The van der Waals surface area contributed by atoms with Crippen molar-refractivity contribution in [1.82, 2.24) is 9.88 Å². The molecule has 2 unspecified atom stereocenters. The second-order valence-electron chi connectivity index (χ2n) is 8.24. The zero-order chi connectivity index (χ0) is 21.7. The third-order valence-corrected chi connectivity index (χ3v) is 6.64. The first-order valence-corrected chi connectivity index (χ1v) is 10.7. The summed E-state index contributed by atoms with van der Waals surface area (Å²) >= 11 is 0. The van der Waals surface area contributed by atoms with Gasteiger partial charge in [0.05, 0.1) is 11.6 Å². The topological polar surface area (TPSA) is 80.8 Å². The van der Waals surface area contributed by atoms with E-state index in [1.807, 2.05) is 36.4 Å². The van der Waals surface area contributed by atoms with Crippen LogP contribution in [-0.2, 0) is 10.2 Å². The van der Waals surface area contributed by atoms with Gasteiger partial charge in [0, 0.05) is 24.6 Å². The molecule has 1 fully saturated rings. The number of aromatic nitrogens is 1. The first-order valence-electron chi connectivity index (χ1n) is 10.7. The maximum atomic E-state index is 13.9. The first-order chi connectivity index (χ1) is 15.7. The molecule has 32 heavy (non-hydrogen) atoms. The van der Waals surface area contributed by atoms with E-state index >= 15 is 0 Å². The highest BCUT2D eigenvalue weighted by Crippen LogP contribution is 2.55. The van der Waals surface area contributed by atoms with Gasteiger partial charge in [-0.2, -0.15) is 0 Å². The molecule has 0 radical (unpaired) electrons. The lowest BCUT2D eigenvalue weighted by atomic mass is 9.73. The van der Waals surface area contributed by atoms with E-state index in [0.29, 0.717) is 43.2 Å². The van der Waals surface area contributed by atoms with Crippen molar-refractivity contribution in [3.05, 3.63) is 83.7 Å². The highest BCUT2D eigenvalue weighted by atomic mass is 16.6. The average molecular weight is 427 g/mol. The zero-order valence-corrected chi connectivity index (χ0v) is 17.3. The molecule has 160 valence electrons. The van der Waals surface area contributed by atoms with Crippen LogP contribution < -0.4 is 14.8 Å². The molecule has 2 aromatic carbocycles. The summed E-state index contributed by atoms with van der Waals surface area (Å²) in [5.41, 5.74) is 2.12. The predicted octanol–water partition coefficient (Wildman–Crippen LogP) is 3.33. The van der Waals surface area contributed by atoms with Crippen LogP contribution >= 0.6 is 0 Å². The summed E-state index contributed by atoms with van der Waals surface area (Å²) < 4.78 is 11.5. The molecule has 0 aliphatic carbocycles. The quantitative estimate of drug-likeness (QED) is 0.679. The summed E-state index contributed by atoms with van der Waals surface area (Å²) in [4.78, 5) is 33.4. The molecule has 3 aromatic rings. The number of likely N-dealkylation sites (tertiary alicyclic amines) is 1. The maximum Gasteiger partial charge on any atom is 0.258 e. The fourth-order valence-electron chi connectivity index (χ4n) is 5.30. The Morgan fingerprint density at radius 3 is 2.81 bits per heavy atom. The van der Waals surface area contributed by atoms with Gasteiger partial charge in [-0.1, -0.05) is 30.3 Å². The van der Waals surface area contributed by atoms with E-state index in [2.05, 4.69) is 10.3 Å². The van der Waals surface area contributed by atoms with Crippen LogP contribution in [0.15, 0.2) is 67.0 Å². The molecule has 0 saturated carbocycles. The number of benzene rings is 2. The highest BCUT2D eigenvalue weighted by Gasteiger charge is 2.59. The SMILES string of the molecule is O=C(c1cccc2c1OCCO2)N1CCC2(C(=O)Nc3ccccc32)C1c1cccnc1. The van der Waals surface area contributed by atoms with Crippen LogP contribution in [0.5, 0.6) is 11.5 Å². The summed E-state index contributed by atoms with van der Waals surface area (Å²) in [6.45, 7) is 1.28. The van der Waals surface area contributed by atoms with Crippen LogP contribution in [0.3, 0.4) is 0 Å². The summed E-state index contributed by atoms with van der Waals surface area (Å²) in [5.74, 6) is 0.761. The van der Waals surface area contributed by atoms with Crippen molar-refractivity contribution in [3.63, 3.8) is 0 Å². The van der Waals surface area contributed by atoms with Crippen LogP contribution in [0.1, 0.15) is 33.9 Å². The number of pyridine rings is 1. The summed E-state index contributed by atoms with van der Waals surface area (Å²) in [5, 5.41) is 3.04. The van der Waals surface area contributed by atoms with Gasteiger partial charge in [-0.3, -0.25) is 14.6 Å². The Bertz CT molecular complexity index is 1230. The van der Waals surface area contributed by atoms with Crippen LogP contribution in [0, 0.1) is 0 Å². The van der Waals surface area contributed by atoms with Crippen molar-refractivity contribution in [1.29, 1.82) is 0 Å². The number of nitrogens with zero attached hydrogens (tertiary/aromatic N) is 2. The predicted molar refractivity (Wildman–Crippen MR) is 117 cm³/mol. The number of carbonyl (C=O) groups excluding carboxylic acids is 2. The molecule has 1 saturated heterocycles. The smallest absolute Gasteiger partial charge is 0.258 e. The second kappa shape index (κ2) is 7.09. The third-order valence-electron chi connectivity index (χ3n) is 6.64. The Morgan fingerprint density at radius 2 is 1.94 bits per heavy atom. The van der Waals surface area contributed by atoms with Gasteiger partial charge in [-0.15, -0.1) is 0 Å². The summed E-state index contributed by atoms with van der Waals surface area (Å²) in [6, 6.07) is 16.4. The van der Waals surface area contributed by atoms with Crippen molar-refractivity contribution in [2.75, 3.05) is 25.1 Å². The third kappa shape index (κ3) is 2.57. The number of rotatable bonds is 2. The highest BCUT2D eigenvalue weighted by molar-refractivity contribution is 6.08. The van der Waals surface area contributed by atoms with E-state index in [1.54, 1.807) is 35.5 Å². The number of carbonyl (C=O) groups is 2. The van der Waals surface area contributed by atoms with Gasteiger partial charge in [0.15, 0.2) is 11.5 Å². The number of amides is 2. The van der Waals surface area contributed by atoms with Gasteiger partial charge >= 0.3 is 0 Å². The molecule has 2 atom stereocenters. The lowest BCUT2D eigenvalue weighted by Gasteiger charge is -2.34. The lowest BCUT2D eigenvalue weighted by molar-refractivity contribution is -0.121. The van der Waals surface area contributed by atoms with Gasteiger partial charge in [-0.05, 0) is 41.8 Å². The first kappa shape index (κ1) is 18.9. The molecule has 7 nitrogen and oxygen atoms in total. The standard InChI is InChI=1S/C25H21N3O4/c29-23(17-6-3-9-20-21(17)32-14-13-31-20)28-12-10-25(22(28)16-5-4-11-26-15-16)18-7-1-2-8-19(18)27-24(25)30/h1-9,11,15,22H,10,12-14H2,(H,27,30). The van der Waals surface area contributed by atoms with Gasteiger partial charge in [0.25, 0.3) is 5.91 Å². The molecule has 7 heteroatoms. The Labute approximate surface area is 185 Å². The molecule has 1 N–H and O–H groups in total. The summed E-state index contributed by atoms with van der Waals surface area (Å²) in [7, 11) is 0. The molecule has 2 amide bonds. The van der Waals surface area contributed by atoms with E-state index in [1.165, 1.54) is 0 Å². The zero-order valence-electron chi connectivity index (χ0n) is 17.3. The monoisotopic (exact) mass is 427 g/mol. The van der Waals surface area contributed by atoms with E-state index < -0.39 is 11.5 Å². The van der Waals surface area contributed by atoms with Crippen molar-refractivity contribution < 1.29 is 19.1 Å². The number of para-hydroxylation sites is 2. The van der Waals surface area contributed by atoms with Crippen LogP contribution in [0.4, 0.5) is 5.69 Å². The summed E-state index contributed by atoms with van der Waals surface area (Å²) in [6.07, 6.45) is 3.96. The van der Waals surface area contributed by atoms with E-state index in [-0.39, 0.29) is 11.8 Å². The Morgan fingerprint density at radius 1 is 1.06 bits per heavy atom. The van der Waals surface area contributed by atoms with E-state index in [0.717, 1.165) is 16.8 Å². The average Bonchev–Trinajstić information content (AvgIpc) is 3.38. The lowest BCUT2D eigenvalue weighted by Crippen LogP contribution is -2.42. The van der Waals surface area contributed by atoms with E-state index in [4.69, 9.17) is 9.47 Å². The van der Waals surface area contributed by atoms with Crippen molar-refractivity contribution in [2.45, 2.75) is 17.9 Å². The molecular weight excluding hydrogens is 406 g/mol. The molecule has 1 aromatic heterocycles. The second-order valence-corrected chi connectivity index (χ2v) is 8.24. The molecule has 1 spiro atoms. The minimum atomic E-state index is -0.874. The van der Waals surface area contributed by atoms with Crippen LogP contribution in [0.25, 0.3) is 0 Å². The molecule has 3 aliphatic rings. The Hall–Kier alpha value is -3.87. The maximum absolute atomic E-state index is 13.9. The van der Waals surface area contributed by atoms with Crippen LogP contribution in [-0.4, -0.2) is 41.5 Å². The number of hydrogen-bond donors (Lipinski definition) is 1. The largest absolute Gasteiger partial charge is 0.486 e. The van der Waals surface area contributed by atoms with Gasteiger partial charge in [0.2, 0.25) is 5.91 Å². The minimum Gasteiger partial charge on any atom is -0.486 e. The van der Waals surface area contributed by atoms with Gasteiger partial charge < -0.3 is 19.7 Å². The molecular formula is C25H21N3O4. The number of fused-ring (bicyclic) bond motifs is 3. The van der Waals surface area contributed by atoms with Gasteiger partial charge in [-0.25, -0.2) is 0 Å². The number of nitrogens with one attached hydrogen (secondary N) is 1. The Balaban J connectivity index is 1.50. The molecule has 3 aliphatic heterocycles.